The van der Waals surface area contributed by atoms with Crippen LogP contribution < -0.4 is 0 Å². The predicted octanol–water partition coefficient (Wildman–Crippen LogP) is 3.24. The summed E-state index contributed by atoms with van der Waals surface area (Å²) in [6.07, 6.45) is 3.09. The summed E-state index contributed by atoms with van der Waals surface area (Å²) in [5.74, 6) is -1.71. The normalized spacial score (nSPS) is 11.5. The molecule has 0 saturated heterocycles. The quantitative estimate of drug-likeness (QED) is 0.615. The smallest absolute Gasteiger partial charge is 0.189 e. The molecule has 0 fully saturated rings. The summed E-state index contributed by atoms with van der Waals surface area (Å²) in [5.41, 5.74) is 1.86. The van der Waals surface area contributed by atoms with E-state index in [9.17, 15) is 10.2 Å². The summed E-state index contributed by atoms with van der Waals surface area (Å²) >= 11 is 0. The Balaban J connectivity index is 1.79. The van der Waals surface area contributed by atoms with Crippen molar-refractivity contribution in [2.75, 3.05) is 0 Å². The van der Waals surface area contributed by atoms with Gasteiger partial charge in [0, 0.05) is 12.0 Å². The van der Waals surface area contributed by atoms with Gasteiger partial charge in [-0.15, -0.1) is 0 Å². The van der Waals surface area contributed by atoms with Crippen LogP contribution in [0.3, 0.4) is 0 Å². The van der Waals surface area contributed by atoms with Crippen molar-refractivity contribution in [2.45, 2.75) is 31.5 Å². The van der Waals surface area contributed by atoms with Crippen molar-refractivity contribution < 1.29 is 10.2 Å². The number of unbranched alkanes of at least 4 members (excludes halogenated alkanes) is 1. The molecule has 2 aromatic rings. The lowest BCUT2D eigenvalue weighted by Crippen LogP contribution is -2.24. The maximum atomic E-state index is 10.0. The molecule has 0 heterocycles. The Morgan fingerprint density at radius 2 is 1.32 bits per heavy atom. The molecular formula is C17H20O2. The van der Waals surface area contributed by atoms with Gasteiger partial charge in [0.15, 0.2) is 5.79 Å². The third-order valence-electron chi connectivity index (χ3n) is 3.32. The zero-order chi connectivity index (χ0) is 13.6. The van der Waals surface area contributed by atoms with Gasteiger partial charge in [-0.2, -0.15) is 0 Å². The molecule has 2 nitrogen and oxygen atoms in total. The molecule has 2 aromatic carbocycles. The van der Waals surface area contributed by atoms with Crippen molar-refractivity contribution in [1.82, 2.24) is 0 Å². The monoisotopic (exact) mass is 256 g/mol. The number of aryl methyl sites for hydroxylation is 1. The molecule has 2 heteroatoms. The Hall–Kier alpha value is -1.64. The molecule has 0 aliphatic rings. The van der Waals surface area contributed by atoms with E-state index in [0.29, 0.717) is 12.0 Å². The zero-order valence-electron chi connectivity index (χ0n) is 11.0. The Morgan fingerprint density at radius 1 is 0.737 bits per heavy atom. The summed E-state index contributed by atoms with van der Waals surface area (Å²) in [7, 11) is 0. The lowest BCUT2D eigenvalue weighted by atomic mass is 9.98. The summed E-state index contributed by atoms with van der Waals surface area (Å²) in [6, 6.07) is 19.3. The summed E-state index contributed by atoms with van der Waals surface area (Å²) < 4.78 is 0. The molecule has 2 N–H and O–H groups in total. The number of benzene rings is 2. The second-order valence-corrected chi connectivity index (χ2v) is 4.88. The lowest BCUT2D eigenvalue weighted by Gasteiger charge is -2.22. The molecule has 100 valence electrons. The van der Waals surface area contributed by atoms with E-state index in [2.05, 4.69) is 12.1 Å². The highest BCUT2D eigenvalue weighted by molar-refractivity contribution is 5.19. The molecule has 0 amide bonds. The highest BCUT2D eigenvalue weighted by Gasteiger charge is 2.24. The van der Waals surface area contributed by atoms with Crippen molar-refractivity contribution in [3.05, 3.63) is 71.8 Å². The van der Waals surface area contributed by atoms with Gasteiger partial charge in [-0.05, 0) is 24.8 Å². The average molecular weight is 256 g/mol. The number of hydrogen-bond acceptors (Lipinski definition) is 2. The first kappa shape index (κ1) is 13.8. The van der Waals surface area contributed by atoms with Crippen molar-refractivity contribution >= 4 is 0 Å². The molecule has 0 aliphatic carbocycles. The van der Waals surface area contributed by atoms with E-state index in [1.807, 2.05) is 36.4 Å². The molecule has 0 spiro atoms. The van der Waals surface area contributed by atoms with Gasteiger partial charge in [-0.3, -0.25) is 0 Å². The number of hydrogen-bond donors (Lipinski definition) is 2. The molecule has 0 aromatic heterocycles. The molecule has 0 atom stereocenters. The molecule has 0 unspecified atom stereocenters. The van der Waals surface area contributed by atoms with E-state index in [-0.39, 0.29) is 0 Å². The van der Waals surface area contributed by atoms with E-state index >= 15 is 0 Å². The molecule has 0 radical (unpaired) electrons. The van der Waals surface area contributed by atoms with Crippen LogP contribution in [0.2, 0.25) is 0 Å². The fourth-order valence-corrected chi connectivity index (χ4v) is 2.19. The fourth-order valence-electron chi connectivity index (χ4n) is 2.19. The third kappa shape index (κ3) is 4.19. The minimum absolute atomic E-state index is 0.365. The van der Waals surface area contributed by atoms with E-state index in [1.165, 1.54) is 5.56 Å². The first-order valence-electron chi connectivity index (χ1n) is 6.73. The third-order valence-corrected chi connectivity index (χ3v) is 3.32. The van der Waals surface area contributed by atoms with Gasteiger partial charge >= 0.3 is 0 Å². The van der Waals surface area contributed by atoms with E-state index in [1.54, 1.807) is 12.1 Å². The van der Waals surface area contributed by atoms with Gasteiger partial charge in [0.05, 0.1) is 0 Å². The summed E-state index contributed by atoms with van der Waals surface area (Å²) in [4.78, 5) is 0. The standard InChI is InChI=1S/C17H20O2/c18-17(19,16-12-5-2-6-13-16)14-8-7-11-15-9-3-1-4-10-15/h1-6,9-10,12-13,18-19H,7-8,11,14H2. The predicted molar refractivity (Wildman–Crippen MR) is 76.6 cm³/mol. The van der Waals surface area contributed by atoms with Gasteiger partial charge in [-0.1, -0.05) is 60.7 Å². The van der Waals surface area contributed by atoms with Crippen molar-refractivity contribution in [2.24, 2.45) is 0 Å². The van der Waals surface area contributed by atoms with Gasteiger partial charge < -0.3 is 10.2 Å². The Morgan fingerprint density at radius 3 is 1.95 bits per heavy atom. The highest BCUT2D eigenvalue weighted by atomic mass is 16.5. The summed E-state index contributed by atoms with van der Waals surface area (Å²) in [6.45, 7) is 0. The second-order valence-electron chi connectivity index (χ2n) is 4.88. The first-order valence-corrected chi connectivity index (χ1v) is 6.73. The van der Waals surface area contributed by atoms with Gasteiger partial charge in [0.25, 0.3) is 0 Å². The minimum Gasteiger partial charge on any atom is -0.362 e. The Labute approximate surface area is 114 Å². The van der Waals surface area contributed by atoms with Crippen LogP contribution in [0.25, 0.3) is 0 Å². The van der Waals surface area contributed by atoms with E-state index in [4.69, 9.17) is 0 Å². The second kappa shape index (κ2) is 6.50. The average Bonchev–Trinajstić information content (AvgIpc) is 2.46. The first-order chi connectivity index (χ1) is 9.18. The minimum atomic E-state index is -1.71. The van der Waals surface area contributed by atoms with Crippen LogP contribution in [0.5, 0.6) is 0 Å². The van der Waals surface area contributed by atoms with Crippen molar-refractivity contribution in [1.29, 1.82) is 0 Å². The Kier molecular flexibility index (Phi) is 4.72. The number of aliphatic hydroxyl groups is 2. The molecule has 0 bridgehead atoms. The molecule has 2 rings (SSSR count). The highest BCUT2D eigenvalue weighted by Crippen LogP contribution is 2.24. The van der Waals surface area contributed by atoms with Gasteiger partial charge in [0.1, 0.15) is 0 Å². The fraction of sp³-hybridized carbons (Fsp3) is 0.294. The van der Waals surface area contributed by atoms with Crippen LogP contribution in [-0.4, -0.2) is 10.2 Å². The summed E-state index contributed by atoms with van der Waals surface area (Å²) in [5, 5.41) is 20.1. The van der Waals surface area contributed by atoms with E-state index < -0.39 is 5.79 Å². The maximum Gasteiger partial charge on any atom is 0.189 e. The van der Waals surface area contributed by atoms with Crippen LogP contribution in [0.4, 0.5) is 0 Å². The Bertz CT molecular complexity index is 477. The van der Waals surface area contributed by atoms with Crippen molar-refractivity contribution in [3.63, 3.8) is 0 Å². The largest absolute Gasteiger partial charge is 0.362 e. The van der Waals surface area contributed by atoms with Crippen LogP contribution in [0.1, 0.15) is 30.4 Å². The maximum absolute atomic E-state index is 10.0. The van der Waals surface area contributed by atoms with Crippen LogP contribution in [0.15, 0.2) is 60.7 Å². The zero-order valence-corrected chi connectivity index (χ0v) is 11.0. The molecule has 0 aliphatic heterocycles. The lowest BCUT2D eigenvalue weighted by molar-refractivity contribution is -0.175. The van der Waals surface area contributed by atoms with Crippen molar-refractivity contribution in [3.8, 4) is 0 Å². The topological polar surface area (TPSA) is 40.5 Å². The molecule has 19 heavy (non-hydrogen) atoms. The number of rotatable bonds is 6. The SMILES string of the molecule is OC(O)(CCCCc1ccccc1)c1ccccc1. The van der Waals surface area contributed by atoms with Crippen LogP contribution in [-0.2, 0) is 12.2 Å². The van der Waals surface area contributed by atoms with Crippen LogP contribution >= 0.6 is 0 Å². The van der Waals surface area contributed by atoms with Gasteiger partial charge in [0.2, 0.25) is 0 Å². The van der Waals surface area contributed by atoms with Crippen LogP contribution in [0, 0.1) is 0 Å². The van der Waals surface area contributed by atoms with Gasteiger partial charge in [-0.25, -0.2) is 0 Å². The molecular weight excluding hydrogens is 236 g/mol. The molecule has 0 saturated carbocycles. The van der Waals surface area contributed by atoms with E-state index in [0.717, 1.165) is 19.3 Å².